The first-order chi connectivity index (χ1) is 5.25. The molecule has 0 aromatic carbocycles. The molecule has 0 spiro atoms. The summed E-state index contributed by atoms with van der Waals surface area (Å²) in [6.45, 7) is 0.935. The zero-order chi connectivity index (χ0) is 8.27. The van der Waals surface area contributed by atoms with E-state index in [9.17, 15) is 9.59 Å². The number of Topliss-reactive ketones (excluding diaryl/α,β-unsaturated/α-hetero) is 1. The molecular formula is C8H13NO2. The second kappa shape index (κ2) is 3.62. The van der Waals surface area contributed by atoms with Crippen molar-refractivity contribution < 1.29 is 9.59 Å². The Labute approximate surface area is 66.4 Å². The molecule has 1 heterocycles. The van der Waals surface area contributed by atoms with Gasteiger partial charge in [0.2, 0.25) is 5.78 Å². The van der Waals surface area contributed by atoms with Crippen molar-refractivity contribution in [3.63, 3.8) is 0 Å². The fourth-order valence-electron chi connectivity index (χ4n) is 1.51. The van der Waals surface area contributed by atoms with Crippen LogP contribution in [0.1, 0.15) is 19.3 Å². The molecule has 1 saturated heterocycles. The van der Waals surface area contributed by atoms with E-state index in [0.29, 0.717) is 6.29 Å². The van der Waals surface area contributed by atoms with E-state index >= 15 is 0 Å². The molecule has 1 aliphatic heterocycles. The minimum atomic E-state index is -0.271. The highest BCUT2D eigenvalue weighted by Gasteiger charge is 2.24. The van der Waals surface area contributed by atoms with E-state index < -0.39 is 0 Å². The molecular weight excluding hydrogens is 142 g/mol. The Balaban J connectivity index is 2.53. The molecule has 0 aliphatic carbocycles. The van der Waals surface area contributed by atoms with Crippen LogP contribution in [0.25, 0.3) is 0 Å². The Morgan fingerprint density at radius 3 is 2.82 bits per heavy atom. The fraction of sp³-hybridized carbons (Fsp3) is 0.750. The van der Waals surface area contributed by atoms with Gasteiger partial charge in [-0.2, -0.15) is 0 Å². The number of piperidine rings is 1. The molecule has 0 bridgehead atoms. The van der Waals surface area contributed by atoms with Gasteiger partial charge < -0.3 is 0 Å². The lowest BCUT2D eigenvalue weighted by atomic mass is 10.00. The molecule has 0 aromatic heterocycles. The maximum absolute atomic E-state index is 11.0. The number of aldehydes is 1. The van der Waals surface area contributed by atoms with E-state index in [4.69, 9.17) is 0 Å². The van der Waals surface area contributed by atoms with Crippen LogP contribution in [0.2, 0.25) is 0 Å². The van der Waals surface area contributed by atoms with Gasteiger partial charge in [0.05, 0.1) is 6.04 Å². The van der Waals surface area contributed by atoms with Crippen molar-refractivity contribution in [1.29, 1.82) is 0 Å². The average Bonchev–Trinajstić information content (AvgIpc) is 2.04. The van der Waals surface area contributed by atoms with Crippen LogP contribution < -0.4 is 0 Å². The predicted molar refractivity (Wildman–Crippen MR) is 41.3 cm³/mol. The zero-order valence-corrected chi connectivity index (χ0v) is 6.75. The highest BCUT2D eigenvalue weighted by molar-refractivity contribution is 6.27. The van der Waals surface area contributed by atoms with Gasteiger partial charge in [-0.1, -0.05) is 6.42 Å². The van der Waals surface area contributed by atoms with Crippen LogP contribution in [0.15, 0.2) is 0 Å². The van der Waals surface area contributed by atoms with Crippen LogP contribution >= 0.6 is 0 Å². The summed E-state index contributed by atoms with van der Waals surface area (Å²) in [4.78, 5) is 23.1. The topological polar surface area (TPSA) is 37.4 Å². The number of carbonyl (C=O) groups excluding carboxylic acids is 2. The molecule has 3 nitrogen and oxygen atoms in total. The zero-order valence-electron chi connectivity index (χ0n) is 6.75. The predicted octanol–water partition coefficient (Wildman–Crippen LogP) is 0.239. The first-order valence-electron chi connectivity index (χ1n) is 3.95. The molecule has 0 saturated carbocycles. The molecule has 62 valence electrons. The fourth-order valence-corrected chi connectivity index (χ4v) is 1.51. The SMILES string of the molecule is CN1CCCCC1C(=O)C=O. The van der Waals surface area contributed by atoms with Gasteiger partial charge in [0.25, 0.3) is 0 Å². The first kappa shape index (κ1) is 8.40. The lowest BCUT2D eigenvalue weighted by Gasteiger charge is -2.29. The van der Waals surface area contributed by atoms with Crippen LogP contribution in [0, 0.1) is 0 Å². The van der Waals surface area contributed by atoms with Crippen LogP contribution in [0.4, 0.5) is 0 Å². The van der Waals surface area contributed by atoms with E-state index in [1.54, 1.807) is 0 Å². The molecule has 0 aromatic rings. The minimum Gasteiger partial charge on any atom is -0.296 e. The Kier molecular flexibility index (Phi) is 2.76. The largest absolute Gasteiger partial charge is 0.296 e. The molecule has 3 heteroatoms. The number of nitrogens with zero attached hydrogens (tertiary/aromatic N) is 1. The standard InChI is InChI=1S/C8H13NO2/c1-9-5-3-2-4-7(9)8(11)6-10/h6-7H,2-5H2,1H3. The Hall–Kier alpha value is -0.700. The highest BCUT2D eigenvalue weighted by Crippen LogP contribution is 2.14. The van der Waals surface area contributed by atoms with Crippen molar-refractivity contribution >= 4 is 12.1 Å². The van der Waals surface area contributed by atoms with Crippen molar-refractivity contribution in [2.45, 2.75) is 25.3 Å². The smallest absolute Gasteiger partial charge is 0.212 e. The summed E-state index contributed by atoms with van der Waals surface area (Å²) in [6.07, 6.45) is 3.48. The minimum absolute atomic E-state index is 0.138. The van der Waals surface area contributed by atoms with Gasteiger partial charge in [-0.3, -0.25) is 14.5 Å². The second-order valence-corrected chi connectivity index (χ2v) is 3.01. The van der Waals surface area contributed by atoms with Crippen LogP contribution in [-0.4, -0.2) is 36.6 Å². The third-order valence-electron chi connectivity index (χ3n) is 2.22. The third-order valence-corrected chi connectivity index (χ3v) is 2.22. The maximum Gasteiger partial charge on any atom is 0.212 e. The summed E-state index contributed by atoms with van der Waals surface area (Å²) in [7, 11) is 1.89. The van der Waals surface area contributed by atoms with E-state index in [2.05, 4.69) is 0 Å². The van der Waals surface area contributed by atoms with E-state index in [-0.39, 0.29) is 11.8 Å². The van der Waals surface area contributed by atoms with Crippen molar-refractivity contribution in [3.05, 3.63) is 0 Å². The Bertz CT molecular complexity index is 167. The van der Waals surface area contributed by atoms with Gasteiger partial charge in [0.1, 0.15) is 0 Å². The van der Waals surface area contributed by atoms with Gasteiger partial charge >= 0.3 is 0 Å². The van der Waals surface area contributed by atoms with Gasteiger partial charge in [-0.25, -0.2) is 0 Å². The van der Waals surface area contributed by atoms with Gasteiger partial charge in [0.15, 0.2) is 6.29 Å². The number of likely N-dealkylation sites (tertiary alicyclic amines) is 1. The summed E-state index contributed by atoms with van der Waals surface area (Å²) in [5.41, 5.74) is 0. The van der Waals surface area contributed by atoms with Crippen molar-refractivity contribution in [2.75, 3.05) is 13.6 Å². The number of hydrogen-bond donors (Lipinski definition) is 0. The summed E-state index contributed by atoms with van der Waals surface area (Å²) in [5, 5.41) is 0. The lowest BCUT2D eigenvalue weighted by molar-refractivity contribution is -0.133. The molecule has 1 fully saturated rings. The summed E-state index contributed by atoms with van der Waals surface area (Å²) < 4.78 is 0. The van der Waals surface area contributed by atoms with Crippen molar-refractivity contribution in [1.82, 2.24) is 4.90 Å². The molecule has 1 atom stereocenters. The molecule has 1 rings (SSSR count). The number of rotatable bonds is 2. The monoisotopic (exact) mass is 155 g/mol. The molecule has 0 amide bonds. The first-order valence-corrected chi connectivity index (χ1v) is 3.95. The van der Waals surface area contributed by atoms with E-state index in [0.717, 1.165) is 25.8 Å². The van der Waals surface area contributed by atoms with Gasteiger partial charge in [-0.15, -0.1) is 0 Å². The quantitative estimate of drug-likeness (QED) is 0.423. The number of hydrogen-bond acceptors (Lipinski definition) is 3. The maximum atomic E-state index is 11.0. The molecule has 1 aliphatic rings. The number of carbonyl (C=O) groups is 2. The second-order valence-electron chi connectivity index (χ2n) is 3.01. The van der Waals surface area contributed by atoms with Crippen molar-refractivity contribution in [3.8, 4) is 0 Å². The molecule has 0 radical (unpaired) electrons. The summed E-state index contributed by atoms with van der Waals surface area (Å²) in [5.74, 6) is -0.271. The van der Waals surface area contributed by atoms with Crippen LogP contribution in [-0.2, 0) is 9.59 Å². The average molecular weight is 155 g/mol. The summed E-state index contributed by atoms with van der Waals surface area (Å²) in [6, 6.07) is -0.138. The highest BCUT2D eigenvalue weighted by atomic mass is 16.2. The molecule has 1 unspecified atom stereocenters. The number of likely N-dealkylation sites (N-methyl/N-ethyl adjacent to an activating group) is 1. The molecule has 11 heavy (non-hydrogen) atoms. The van der Waals surface area contributed by atoms with E-state index in [1.807, 2.05) is 11.9 Å². The third kappa shape index (κ3) is 1.87. The van der Waals surface area contributed by atoms with Gasteiger partial charge in [-0.05, 0) is 26.4 Å². The van der Waals surface area contributed by atoms with Crippen LogP contribution in [0.3, 0.4) is 0 Å². The Morgan fingerprint density at radius 2 is 2.27 bits per heavy atom. The van der Waals surface area contributed by atoms with Gasteiger partial charge in [0, 0.05) is 0 Å². The normalized spacial score (nSPS) is 26.5. The lowest BCUT2D eigenvalue weighted by Crippen LogP contribution is -2.42. The van der Waals surface area contributed by atoms with Crippen molar-refractivity contribution in [2.24, 2.45) is 0 Å². The molecule has 0 N–H and O–H groups in total. The number of ketones is 1. The Morgan fingerprint density at radius 1 is 1.55 bits per heavy atom. The van der Waals surface area contributed by atoms with E-state index in [1.165, 1.54) is 0 Å². The summed E-state index contributed by atoms with van der Waals surface area (Å²) >= 11 is 0. The van der Waals surface area contributed by atoms with Crippen LogP contribution in [0.5, 0.6) is 0 Å².